The molecule has 0 saturated heterocycles. The largest absolute Gasteiger partial charge is 0.476 e. The molecule has 0 bridgehead atoms. The summed E-state index contributed by atoms with van der Waals surface area (Å²) < 4.78 is 1.88. The van der Waals surface area contributed by atoms with Crippen LogP contribution in [-0.2, 0) is 16.2 Å². The molecule has 0 unspecified atom stereocenters. The SMILES string of the molecule is CON=C(C(=O)O)c1ccccc1Cn1c(Cl)c(C(Sc2ccc(Cl)cc2)Sc2ccc(Cl)cc2)c2ccccc21. The minimum absolute atomic E-state index is 0.129. The van der Waals surface area contributed by atoms with Gasteiger partial charge in [0.2, 0.25) is 0 Å². The van der Waals surface area contributed by atoms with Crippen LogP contribution in [0.15, 0.2) is 112 Å². The van der Waals surface area contributed by atoms with E-state index in [1.807, 2.05) is 83.4 Å². The molecule has 0 fully saturated rings. The van der Waals surface area contributed by atoms with E-state index in [2.05, 4.69) is 11.2 Å². The zero-order valence-electron chi connectivity index (χ0n) is 21.6. The van der Waals surface area contributed by atoms with Gasteiger partial charge in [-0.2, -0.15) is 0 Å². The highest BCUT2D eigenvalue weighted by Gasteiger charge is 2.26. The first kappa shape index (κ1) is 29.4. The number of para-hydroxylation sites is 1. The van der Waals surface area contributed by atoms with Crippen LogP contribution in [0.3, 0.4) is 0 Å². The number of nitrogens with zero attached hydrogens (tertiary/aromatic N) is 2. The van der Waals surface area contributed by atoms with Crippen molar-refractivity contribution in [1.82, 2.24) is 4.57 Å². The van der Waals surface area contributed by atoms with Gasteiger partial charge in [-0.1, -0.05) is 82.4 Å². The Labute approximate surface area is 261 Å². The molecule has 0 spiro atoms. The van der Waals surface area contributed by atoms with Gasteiger partial charge in [0.15, 0.2) is 5.71 Å². The average Bonchev–Trinajstić information content (AvgIpc) is 3.25. The van der Waals surface area contributed by atoms with Crippen molar-refractivity contribution >= 4 is 80.9 Å². The van der Waals surface area contributed by atoms with Crippen molar-refractivity contribution in [2.45, 2.75) is 20.9 Å². The van der Waals surface area contributed by atoms with Gasteiger partial charge in [-0.05, 0) is 60.2 Å². The van der Waals surface area contributed by atoms with Crippen molar-refractivity contribution in [2.75, 3.05) is 7.11 Å². The third kappa shape index (κ3) is 6.71. The molecule has 5 aromatic rings. The molecule has 0 aliphatic rings. The van der Waals surface area contributed by atoms with Crippen LogP contribution in [0.2, 0.25) is 15.2 Å². The number of halogens is 3. The van der Waals surface area contributed by atoms with E-state index in [-0.39, 0.29) is 10.3 Å². The van der Waals surface area contributed by atoms with Crippen molar-refractivity contribution in [3.63, 3.8) is 0 Å². The third-order valence-corrected chi connectivity index (χ3v) is 9.76. The standard InChI is InChI=1S/C31H23Cl3N2O3S2/c1-39-35-28(30(37)38)24-7-3-2-6-19(24)18-36-26-9-5-4-8-25(26)27(29(36)34)31(40-22-14-10-20(32)11-15-22)41-23-16-12-21(33)13-17-23/h2-17,31H,18H2,1H3,(H,37,38). The molecule has 41 heavy (non-hydrogen) atoms. The summed E-state index contributed by atoms with van der Waals surface area (Å²) in [4.78, 5) is 18.9. The number of fused-ring (bicyclic) bond motifs is 1. The topological polar surface area (TPSA) is 63.8 Å². The van der Waals surface area contributed by atoms with Crippen LogP contribution in [0.1, 0.15) is 21.3 Å². The number of benzene rings is 4. The van der Waals surface area contributed by atoms with E-state index in [1.54, 1.807) is 35.7 Å². The van der Waals surface area contributed by atoms with Gasteiger partial charge < -0.3 is 14.5 Å². The van der Waals surface area contributed by atoms with Crippen molar-refractivity contribution in [3.8, 4) is 0 Å². The van der Waals surface area contributed by atoms with Crippen LogP contribution in [0, 0.1) is 0 Å². The Hall–Kier alpha value is -3.07. The van der Waals surface area contributed by atoms with E-state index in [1.165, 1.54) is 7.11 Å². The minimum atomic E-state index is -1.18. The Kier molecular flexibility index (Phi) is 9.53. The van der Waals surface area contributed by atoms with Gasteiger partial charge in [0.05, 0.1) is 4.58 Å². The van der Waals surface area contributed by atoms with Crippen LogP contribution in [0.4, 0.5) is 0 Å². The Morgan fingerprint density at radius 2 is 1.41 bits per heavy atom. The number of rotatable bonds is 10. The smallest absolute Gasteiger partial charge is 0.358 e. The normalized spacial score (nSPS) is 11.8. The summed E-state index contributed by atoms with van der Waals surface area (Å²) in [5.74, 6) is -1.18. The summed E-state index contributed by atoms with van der Waals surface area (Å²) in [6.07, 6.45) is 0. The second kappa shape index (κ2) is 13.3. The first-order chi connectivity index (χ1) is 19.9. The number of carbonyl (C=O) groups is 1. The van der Waals surface area contributed by atoms with Crippen molar-refractivity contribution in [1.29, 1.82) is 0 Å². The fourth-order valence-electron chi connectivity index (χ4n) is 4.45. The molecule has 0 aliphatic heterocycles. The highest BCUT2D eigenvalue weighted by Crippen LogP contribution is 2.52. The zero-order valence-corrected chi connectivity index (χ0v) is 25.5. The quantitative estimate of drug-likeness (QED) is 0.0712. The fraction of sp³-hybridized carbons (Fsp3) is 0.0968. The lowest BCUT2D eigenvalue weighted by Gasteiger charge is -2.18. The lowest BCUT2D eigenvalue weighted by atomic mass is 10.0. The highest BCUT2D eigenvalue weighted by atomic mass is 35.5. The number of carboxylic acid groups (broad SMARTS) is 1. The number of oxime groups is 1. The minimum Gasteiger partial charge on any atom is -0.476 e. The zero-order chi connectivity index (χ0) is 28.9. The summed E-state index contributed by atoms with van der Waals surface area (Å²) in [6, 6.07) is 30.7. The molecule has 0 atom stereocenters. The maximum atomic E-state index is 12.0. The molecule has 10 heteroatoms. The third-order valence-electron chi connectivity index (χ3n) is 6.28. The molecule has 5 rings (SSSR count). The number of thioether (sulfide) groups is 2. The molecule has 208 valence electrons. The van der Waals surface area contributed by atoms with Crippen LogP contribution in [0.25, 0.3) is 10.9 Å². The Morgan fingerprint density at radius 3 is 2.00 bits per heavy atom. The molecule has 0 saturated carbocycles. The van der Waals surface area contributed by atoms with Crippen LogP contribution >= 0.6 is 58.3 Å². The predicted octanol–water partition coefficient (Wildman–Crippen LogP) is 9.67. The van der Waals surface area contributed by atoms with Gasteiger partial charge >= 0.3 is 5.97 Å². The molecule has 1 heterocycles. The Morgan fingerprint density at radius 1 is 0.854 bits per heavy atom. The van der Waals surface area contributed by atoms with Gasteiger partial charge in [-0.25, -0.2) is 4.79 Å². The number of hydrogen-bond donors (Lipinski definition) is 1. The van der Waals surface area contributed by atoms with Crippen molar-refractivity contribution in [3.05, 3.63) is 129 Å². The van der Waals surface area contributed by atoms with Crippen LogP contribution < -0.4 is 0 Å². The molecule has 1 N–H and O–H groups in total. The molecule has 0 radical (unpaired) electrons. The number of aromatic nitrogens is 1. The van der Waals surface area contributed by atoms with Gasteiger partial charge in [-0.15, -0.1) is 23.5 Å². The number of hydrogen-bond acceptors (Lipinski definition) is 5. The molecular formula is C31H23Cl3N2O3S2. The Bertz CT molecular complexity index is 1670. The summed E-state index contributed by atoms with van der Waals surface area (Å²) in [7, 11) is 1.32. The predicted molar refractivity (Wildman–Crippen MR) is 171 cm³/mol. The lowest BCUT2D eigenvalue weighted by molar-refractivity contribution is -0.129. The number of aliphatic carboxylic acids is 1. The maximum Gasteiger partial charge on any atom is 0.358 e. The van der Waals surface area contributed by atoms with Gasteiger partial charge in [0.25, 0.3) is 0 Å². The molecule has 4 aromatic carbocycles. The fourth-order valence-corrected chi connectivity index (χ4v) is 7.84. The van der Waals surface area contributed by atoms with Crippen molar-refractivity contribution in [2.24, 2.45) is 5.16 Å². The monoisotopic (exact) mass is 640 g/mol. The van der Waals surface area contributed by atoms with Gasteiger partial charge in [0, 0.05) is 48.4 Å². The van der Waals surface area contributed by atoms with E-state index in [4.69, 9.17) is 39.6 Å². The molecule has 0 aliphatic carbocycles. The summed E-state index contributed by atoms with van der Waals surface area (Å²) in [5.41, 5.74) is 2.92. The lowest BCUT2D eigenvalue weighted by Crippen LogP contribution is -2.18. The van der Waals surface area contributed by atoms with E-state index < -0.39 is 5.97 Å². The first-order valence-electron chi connectivity index (χ1n) is 12.4. The van der Waals surface area contributed by atoms with Gasteiger partial charge in [0.1, 0.15) is 12.3 Å². The van der Waals surface area contributed by atoms with E-state index in [9.17, 15) is 9.90 Å². The van der Waals surface area contributed by atoms with E-state index in [0.29, 0.717) is 27.3 Å². The van der Waals surface area contributed by atoms with Crippen molar-refractivity contribution < 1.29 is 14.7 Å². The maximum absolute atomic E-state index is 12.0. The molecule has 5 nitrogen and oxygen atoms in total. The van der Waals surface area contributed by atoms with E-state index in [0.717, 1.165) is 31.8 Å². The summed E-state index contributed by atoms with van der Waals surface area (Å²) >= 11 is 22.9. The van der Waals surface area contributed by atoms with Gasteiger partial charge in [-0.3, -0.25) is 0 Å². The molecule has 0 amide bonds. The highest BCUT2D eigenvalue weighted by molar-refractivity contribution is 8.16. The molecular weight excluding hydrogens is 619 g/mol. The first-order valence-corrected chi connectivity index (χ1v) is 15.3. The second-order valence-electron chi connectivity index (χ2n) is 8.87. The van der Waals surface area contributed by atoms with Crippen LogP contribution in [0.5, 0.6) is 0 Å². The summed E-state index contributed by atoms with van der Waals surface area (Å²) in [5, 5.41) is 16.5. The second-order valence-corrected chi connectivity index (χ2v) is 12.8. The van der Waals surface area contributed by atoms with Crippen LogP contribution in [-0.4, -0.2) is 28.5 Å². The summed E-state index contributed by atoms with van der Waals surface area (Å²) in [6.45, 7) is 0.329. The molecule has 1 aromatic heterocycles. The number of carboxylic acids is 1. The average molecular weight is 642 g/mol. The Balaban J connectivity index is 1.63. The van der Waals surface area contributed by atoms with E-state index >= 15 is 0 Å².